The number of esters is 2. The number of hydrogen-bond donors (Lipinski definition) is 3. The van der Waals surface area contributed by atoms with Gasteiger partial charge in [-0.15, -0.1) is 0 Å². The zero-order valence-corrected chi connectivity index (χ0v) is 24.7. The summed E-state index contributed by atoms with van der Waals surface area (Å²) in [4.78, 5) is 65.6. The van der Waals surface area contributed by atoms with Crippen molar-refractivity contribution in [3.63, 3.8) is 0 Å². The van der Waals surface area contributed by atoms with Crippen molar-refractivity contribution in [2.45, 2.75) is 103 Å². The summed E-state index contributed by atoms with van der Waals surface area (Å²) in [6.45, 7) is 9.14. The summed E-state index contributed by atoms with van der Waals surface area (Å²) in [7, 11) is 0. The third-order valence-corrected chi connectivity index (χ3v) is 7.39. The number of hydrogen-bond acceptors (Lipinski definition) is 8. The number of nitrogens with zero attached hydrogens (tertiary/aromatic N) is 1. The van der Waals surface area contributed by atoms with Crippen LogP contribution in [-0.4, -0.2) is 76.6 Å². The Balaban J connectivity index is 2.44. The number of amides is 2. The molecule has 2 amide bonds. The summed E-state index contributed by atoms with van der Waals surface area (Å²) < 4.78 is 11.5. The number of aliphatic carboxylic acids is 1. The Morgan fingerprint density at radius 3 is 2.32 bits per heavy atom. The summed E-state index contributed by atoms with van der Waals surface area (Å²) in [5.41, 5.74) is 6.92. The van der Waals surface area contributed by atoms with Gasteiger partial charge in [0.15, 0.2) is 0 Å². The van der Waals surface area contributed by atoms with Crippen molar-refractivity contribution in [2.75, 3.05) is 6.54 Å². The predicted octanol–water partition coefficient (Wildman–Crippen LogP) is 2.44. The number of carboxylic acid groups (broad SMARTS) is 1. The highest BCUT2D eigenvalue weighted by molar-refractivity contribution is 5.86. The standard InChI is InChI=1S/C30H45N3O8/c1-6-11-25(36)40-22-14-15-33(29(38)26(31)18(3)4)27(22)23(17-24(34)35)41-30(39)21(32-28(37)19(5)7-2)16-20-12-9-8-10-13-20/h8-10,12-13,18-19,21-23,26-27H,6-7,11,14-17,31H2,1-5H3,(H,32,37)(H,34,35). The van der Waals surface area contributed by atoms with Crippen LogP contribution in [0.15, 0.2) is 30.3 Å². The summed E-state index contributed by atoms with van der Waals surface area (Å²) in [6.07, 6.45) is -1.29. The number of nitrogens with one attached hydrogen (secondary N) is 1. The molecule has 1 aliphatic heterocycles. The monoisotopic (exact) mass is 575 g/mol. The van der Waals surface area contributed by atoms with E-state index in [4.69, 9.17) is 15.2 Å². The molecule has 0 saturated carbocycles. The second-order valence-electron chi connectivity index (χ2n) is 11.0. The van der Waals surface area contributed by atoms with Crippen molar-refractivity contribution in [3.8, 4) is 0 Å². The Morgan fingerprint density at radius 2 is 1.76 bits per heavy atom. The molecule has 0 radical (unpaired) electrons. The fraction of sp³-hybridized carbons (Fsp3) is 0.633. The van der Waals surface area contributed by atoms with E-state index in [1.165, 1.54) is 4.90 Å². The van der Waals surface area contributed by atoms with E-state index in [0.29, 0.717) is 12.8 Å². The van der Waals surface area contributed by atoms with E-state index in [-0.39, 0.29) is 43.6 Å². The van der Waals surface area contributed by atoms with Gasteiger partial charge in [-0.2, -0.15) is 0 Å². The Hall–Kier alpha value is -3.47. The highest BCUT2D eigenvalue weighted by Crippen LogP contribution is 2.29. The maximum Gasteiger partial charge on any atom is 0.329 e. The number of carbonyl (C=O) groups is 5. The molecule has 0 bridgehead atoms. The molecule has 228 valence electrons. The van der Waals surface area contributed by atoms with Crippen LogP contribution in [0.25, 0.3) is 0 Å². The van der Waals surface area contributed by atoms with E-state index in [0.717, 1.165) is 5.56 Å². The topological polar surface area (TPSA) is 165 Å². The maximum atomic E-state index is 13.6. The molecule has 1 aliphatic rings. The zero-order valence-electron chi connectivity index (χ0n) is 24.7. The fourth-order valence-corrected chi connectivity index (χ4v) is 4.70. The van der Waals surface area contributed by atoms with E-state index >= 15 is 0 Å². The minimum atomic E-state index is -1.36. The molecule has 0 spiro atoms. The smallest absolute Gasteiger partial charge is 0.329 e. The second-order valence-corrected chi connectivity index (χ2v) is 11.0. The predicted molar refractivity (Wildman–Crippen MR) is 151 cm³/mol. The zero-order chi connectivity index (χ0) is 30.7. The van der Waals surface area contributed by atoms with Crippen LogP contribution in [0.4, 0.5) is 0 Å². The van der Waals surface area contributed by atoms with Crippen LogP contribution in [0.3, 0.4) is 0 Å². The third-order valence-electron chi connectivity index (χ3n) is 7.39. The van der Waals surface area contributed by atoms with Crippen LogP contribution in [0, 0.1) is 11.8 Å². The van der Waals surface area contributed by atoms with Crippen LogP contribution in [-0.2, 0) is 39.9 Å². The Morgan fingerprint density at radius 1 is 1.10 bits per heavy atom. The molecule has 11 nitrogen and oxygen atoms in total. The lowest BCUT2D eigenvalue weighted by Crippen LogP contribution is -2.56. The average Bonchev–Trinajstić information content (AvgIpc) is 3.34. The molecule has 1 aromatic rings. The van der Waals surface area contributed by atoms with Gasteiger partial charge in [-0.3, -0.25) is 19.2 Å². The summed E-state index contributed by atoms with van der Waals surface area (Å²) >= 11 is 0. The van der Waals surface area contributed by atoms with Gasteiger partial charge in [0.2, 0.25) is 11.8 Å². The van der Waals surface area contributed by atoms with E-state index in [9.17, 15) is 29.1 Å². The van der Waals surface area contributed by atoms with E-state index in [2.05, 4.69) is 5.32 Å². The lowest BCUT2D eigenvalue weighted by molar-refractivity contribution is -0.168. The van der Waals surface area contributed by atoms with Gasteiger partial charge in [0, 0.05) is 31.7 Å². The number of nitrogens with two attached hydrogens (primary N) is 1. The Bertz CT molecular complexity index is 1050. The molecule has 1 aromatic carbocycles. The minimum Gasteiger partial charge on any atom is -0.481 e. The lowest BCUT2D eigenvalue weighted by atomic mass is 9.99. The highest BCUT2D eigenvalue weighted by Gasteiger charge is 2.48. The van der Waals surface area contributed by atoms with Crippen LogP contribution in [0.2, 0.25) is 0 Å². The first kappa shape index (κ1) is 33.7. The first-order valence-electron chi connectivity index (χ1n) is 14.4. The molecule has 1 saturated heterocycles. The van der Waals surface area contributed by atoms with Gasteiger partial charge in [-0.1, -0.05) is 65.0 Å². The van der Waals surface area contributed by atoms with E-state index in [1.807, 2.05) is 19.9 Å². The van der Waals surface area contributed by atoms with Gasteiger partial charge >= 0.3 is 17.9 Å². The first-order chi connectivity index (χ1) is 19.4. The normalized spacial score (nSPS) is 19.6. The fourth-order valence-electron chi connectivity index (χ4n) is 4.70. The third kappa shape index (κ3) is 9.84. The van der Waals surface area contributed by atoms with Crippen LogP contribution in [0.5, 0.6) is 0 Å². The van der Waals surface area contributed by atoms with Crippen molar-refractivity contribution in [2.24, 2.45) is 17.6 Å². The molecule has 4 N–H and O–H groups in total. The lowest BCUT2D eigenvalue weighted by Gasteiger charge is -2.35. The average molecular weight is 576 g/mol. The molecule has 1 fully saturated rings. The molecule has 11 heteroatoms. The Kier molecular flexibility index (Phi) is 13.2. The molecule has 41 heavy (non-hydrogen) atoms. The van der Waals surface area contributed by atoms with E-state index in [1.54, 1.807) is 45.0 Å². The number of likely N-dealkylation sites (tertiary alicyclic amines) is 1. The van der Waals surface area contributed by atoms with Crippen LogP contribution >= 0.6 is 0 Å². The highest BCUT2D eigenvalue weighted by atomic mass is 16.6. The van der Waals surface area contributed by atoms with Crippen LogP contribution in [0.1, 0.15) is 72.3 Å². The number of carbonyl (C=O) groups excluding carboxylic acids is 4. The van der Waals surface area contributed by atoms with Gasteiger partial charge in [-0.25, -0.2) is 4.79 Å². The Labute approximate surface area is 242 Å². The largest absolute Gasteiger partial charge is 0.481 e. The summed E-state index contributed by atoms with van der Waals surface area (Å²) in [6, 6.07) is 5.98. The molecule has 1 heterocycles. The molecule has 6 atom stereocenters. The molecule has 0 aromatic heterocycles. The number of rotatable bonds is 15. The van der Waals surface area contributed by atoms with E-state index < -0.39 is 60.6 Å². The van der Waals surface area contributed by atoms with Crippen LogP contribution < -0.4 is 11.1 Å². The number of carboxylic acids is 1. The second kappa shape index (κ2) is 16.1. The van der Waals surface area contributed by atoms with Gasteiger partial charge in [0.05, 0.1) is 12.5 Å². The molecule has 0 aliphatic carbocycles. The van der Waals surface area contributed by atoms with Crippen molar-refractivity contribution >= 4 is 29.7 Å². The van der Waals surface area contributed by atoms with Gasteiger partial charge < -0.3 is 30.5 Å². The van der Waals surface area contributed by atoms with Gasteiger partial charge in [0.25, 0.3) is 0 Å². The van der Waals surface area contributed by atoms with Crippen molar-refractivity contribution < 1.29 is 38.6 Å². The molecule has 6 unspecified atom stereocenters. The van der Waals surface area contributed by atoms with Gasteiger partial charge in [0.1, 0.15) is 24.3 Å². The summed E-state index contributed by atoms with van der Waals surface area (Å²) in [5.74, 6) is -3.97. The van der Waals surface area contributed by atoms with Crippen molar-refractivity contribution in [3.05, 3.63) is 35.9 Å². The maximum absolute atomic E-state index is 13.6. The van der Waals surface area contributed by atoms with Crippen molar-refractivity contribution in [1.29, 1.82) is 0 Å². The molecular formula is C30H45N3O8. The first-order valence-corrected chi connectivity index (χ1v) is 14.4. The van der Waals surface area contributed by atoms with Crippen molar-refractivity contribution in [1.82, 2.24) is 10.2 Å². The van der Waals surface area contributed by atoms with Gasteiger partial charge in [-0.05, 0) is 24.3 Å². The number of ether oxygens (including phenoxy) is 2. The quantitative estimate of drug-likeness (QED) is 0.266. The molecular weight excluding hydrogens is 530 g/mol. The minimum absolute atomic E-state index is 0.113. The number of benzene rings is 1. The molecule has 2 rings (SSSR count). The SMILES string of the molecule is CCCC(=O)OC1CCN(C(=O)C(N)C(C)C)C1C(CC(=O)O)OC(=O)C(Cc1ccccc1)NC(=O)C(C)CC. The summed E-state index contributed by atoms with van der Waals surface area (Å²) in [5, 5.41) is 12.5.